The Morgan fingerprint density at radius 1 is 1.20 bits per heavy atom. The van der Waals surface area contributed by atoms with Gasteiger partial charge in [-0.3, -0.25) is 10.2 Å². The van der Waals surface area contributed by atoms with E-state index in [1.54, 1.807) is 0 Å². The number of rotatable bonds is 8. The Morgan fingerprint density at radius 2 is 2.00 bits per heavy atom. The van der Waals surface area contributed by atoms with Gasteiger partial charge in [-0.1, -0.05) is 38.3 Å². The topological polar surface area (TPSA) is 50.8 Å². The first-order chi connectivity index (χ1) is 12.3. The van der Waals surface area contributed by atoms with Crippen molar-refractivity contribution in [2.45, 2.75) is 51.6 Å². The number of carbonyl (C=O) groups is 1. The molecule has 3 heterocycles. The second-order valence-corrected chi connectivity index (χ2v) is 7.11. The van der Waals surface area contributed by atoms with Gasteiger partial charge in [-0.2, -0.15) is 0 Å². The standard InChI is InChI=1S/C20H30N2O3/c1-2-3-4-7-14-24-18-9-6-5-8-17(18)21-20(23)25-19-15-22-12-10-16(19)11-13-22/h5-6,8-9,16,19H,2-4,7,10-15H2,1H3,(H,21,23)/t19-/m0/s1. The molecule has 4 rings (SSSR count). The Kier molecular flexibility index (Phi) is 6.56. The number of para-hydroxylation sites is 2. The van der Waals surface area contributed by atoms with Gasteiger partial charge in [-0.15, -0.1) is 0 Å². The third kappa shape index (κ3) is 5.11. The van der Waals surface area contributed by atoms with Crippen LogP contribution in [-0.2, 0) is 4.74 Å². The molecule has 1 aromatic rings. The van der Waals surface area contributed by atoms with E-state index < -0.39 is 0 Å². The van der Waals surface area contributed by atoms with E-state index in [4.69, 9.17) is 9.47 Å². The largest absolute Gasteiger partial charge is 0.491 e. The van der Waals surface area contributed by atoms with Gasteiger partial charge in [-0.25, -0.2) is 4.79 Å². The molecule has 0 aromatic heterocycles. The van der Waals surface area contributed by atoms with Crippen LogP contribution in [-0.4, -0.2) is 43.3 Å². The molecule has 1 aromatic carbocycles. The molecule has 0 radical (unpaired) electrons. The summed E-state index contributed by atoms with van der Waals surface area (Å²) in [5, 5.41) is 2.86. The Hall–Kier alpha value is -1.75. The summed E-state index contributed by atoms with van der Waals surface area (Å²) in [7, 11) is 0. The predicted molar refractivity (Wildman–Crippen MR) is 99.1 cm³/mol. The van der Waals surface area contributed by atoms with Gasteiger partial charge >= 0.3 is 6.09 Å². The SMILES string of the molecule is CCCCCCOc1ccccc1NC(=O)O[C@H]1CN2CCC1CC2. The molecule has 3 fully saturated rings. The smallest absolute Gasteiger partial charge is 0.412 e. The van der Waals surface area contributed by atoms with Crippen molar-refractivity contribution >= 4 is 11.8 Å². The van der Waals surface area contributed by atoms with Crippen molar-refractivity contribution in [1.29, 1.82) is 0 Å². The lowest BCUT2D eigenvalue weighted by atomic mass is 9.86. The minimum Gasteiger partial charge on any atom is -0.491 e. The van der Waals surface area contributed by atoms with Crippen LogP contribution in [0.5, 0.6) is 5.75 Å². The van der Waals surface area contributed by atoms with Crippen molar-refractivity contribution in [3.05, 3.63) is 24.3 Å². The summed E-state index contributed by atoms with van der Waals surface area (Å²) in [5.74, 6) is 1.23. The normalized spacial score (nSPS) is 24.8. The molecule has 1 N–H and O–H groups in total. The second kappa shape index (κ2) is 9.09. The monoisotopic (exact) mass is 346 g/mol. The number of hydrogen-bond donors (Lipinski definition) is 1. The van der Waals surface area contributed by atoms with Gasteiger partial charge in [0.25, 0.3) is 0 Å². The summed E-state index contributed by atoms with van der Waals surface area (Å²) in [6.07, 6.45) is 6.56. The molecular formula is C20H30N2O3. The Labute approximate surface area is 150 Å². The maximum Gasteiger partial charge on any atom is 0.412 e. The van der Waals surface area contributed by atoms with E-state index in [1.807, 2.05) is 24.3 Å². The number of anilines is 1. The molecule has 5 heteroatoms. The summed E-state index contributed by atoms with van der Waals surface area (Å²) in [6, 6.07) is 7.57. The summed E-state index contributed by atoms with van der Waals surface area (Å²) < 4.78 is 11.5. The second-order valence-electron chi connectivity index (χ2n) is 7.11. The zero-order chi connectivity index (χ0) is 17.5. The number of piperidine rings is 3. The molecular weight excluding hydrogens is 316 g/mol. The molecule has 0 unspecified atom stereocenters. The zero-order valence-electron chi connectivity index (χ0n) is 15.2. The number of hydrogen-bond acceptors (Lipinski definition) is 4. The highest BCUT2D eigenvalue weighted by molar-refractivity contribution is 5.86. The Morgan fingerprint density at radius 3 is 2.72 bits per heavy atom. The van der Waals surface area contributed by atoms with Gasteiger partial charge in [0.2, 0.25) is 0 Å². The highest BCUT2D eigenvalue weighted by Gasteiger charge is 2.36. The summed E-state index contributed by atoms with van der Waals surface area (Å²) in [4.78, 5) is 14.7. The first-order valence-corrected chi connectivity index (χ1v) is 9.68. The summed E-state index contributed by atoms with van der Waals surface area (Å²) in [6.45, 7) is 6.02. The van der Waals surface area contributed by atoms with Gasteiger partial charge in [0, 0.05) is 6.54 Å². The number of amides is 1. The van der Waals surface area contributed by atoms with Crippen LogP contribution in [0, 0.1) is 5.92 Å². The minimum absolute atomic E-state index is 0.0182. The number of ether oxygens (including phenoxy) is 2. The van der Waals surface area contributed by atoms with Crippen LogP contribution in [0.4, 0.5) is 10.5 Å². The molecule has 1 atom stereocenters. The van der Waals surface area contributed by atoms with Gasteiger partial charge in [0.05, 0.1) is 12.3 Å². The summed E-state index contributed by atoms with van der Waals surface area (Å²) >= 11 is 0. The van der Waals surface area contributed by atoms with Gasteiger partial charge < -0.3 is 9.47 Å². The van der Waals surface area contributed by atoms with Crippen molar-refractivity contribution in [2.24, 2.45) is 5.92 Å². The number of unbranched alkanes of at least 4 members (excludes halogenated alkanes) is 3. The van der Waals surface area contributed by atoms with Crippen molar-refractivity contribution in [3.8, 4) is 5.75 Å². The van der Waals surface area contributed by atoms with E-state index in [2.05, 4.69) is 17.1 Å². The lowest BCUT2D eigenvalue weighted by Gasteiger charge is -2.43. The van der Waals surface area contributed by atoms with Gasteiger partial charge in [-0.05, 0) is 50.4 Å². The lowest BCUT2D eigenvalue weighted by molar-refractivity contribution is -0.0290. The number of nitrogens with one attached hydrogen (secondary N) is 1. The predicted octanol–water partition coefficient (Wildman–Crippen LogP) is 4.29. The highest BCUT2D eigenvalue weighted by atomic mass is 16.6. The van der Waals surface area contributed by atoms with Crippen molar-refractivity contribution in [2.75, 3.05) is 31.6 Å². The summed E-state index contributed by atoms with van der Waals surface area (Å²) in [5.41, 5.74) is 0.685. The molecule has 2 bridgehead atoms. The van der Waals surface area contributed by atoms with E-state index in [1.165, 1.54) is 19.3 Å². The van der Waals surface area contributed by atoms with Crippen LogP contribution >= 0.6 is 0 Å². The molecule has 25 heavy (non-hydrogen) atoms. The van der Waals surface area contributed by atoms with Crippen LogP contribution in [0.25, 0.3) is 0 Å². The molecule has 5 nitrogen and oxygen atoms in total. The van der Waals surface area contributed by atoms with Crippen LogP contribution in [0.1, 0.15) is 45.4 Å². The number of fused-ring (bicyclic) bond motifs is 3. The average molecular weight is 346 g/mol. The van der Waals surface area contributed by atoms with Crippen molar-refractivity contribution < 1.29 is 14.3 Å². The van der Waals surface area contributed by atoms with Gasteiger partial charge in [0.15, 0.2) is 0 Å². The highest BCUT2D eigenvalue weighted by Crippen LogP contribution is 2.30. The molecule has 1 amide bonds. The maximum atomic E-state index is 12.3. The molecule has 3 saturated heterocycles. The van der Waals surface area contributed by atoms with Crippen molar-refractivity contribution in [3.63, 3.8) is 0 Å². The van der Waals surface area contributed by atoms with Crippen LogP contribution < -0.4 is 10.1 Å². The van der Waals surface area contributed by atoms with Crippen LogP contribution in [0.15, 0.2) is 24.3 Å². The third-order valence-electron chi connectivity index (χ3n) is 5.23. The minimum atomic E-state index is -0.374. The molecule has 3 aliphatic rings. The molecule has 0 saturated carbocycles. The van der Waals surface area contributed by atoms with Gasteiger partial charge in [0.1, 0.15) is 11.9 Å². The van der Waals surface area contributed by atoms with Crippen LogP contribution in [0.3, 0.4) is 0 Å². The van der Waals surface area contributed by atoms with Crippen LogP contribution in [0.2, 0.25) is 0 Å². The quantitative estimate of drug-likeness (QED) is 0.714. The average Bonchev–Trinajstić information content (AvgIpc) is 2.64. The van der Waals surface area contributed by atoms with E-state index in [0.717, 1.165) is 38.9 Å². The lowest BCUT2D eigenvalue weighted by Crippen LogP contribution is -2.52. The first-order valence-electron chi connectivity index (χ1n) is 9.68. The fraction of sp³-hybridized carbons (Fsp3) is 0.650. The first kappa shape index (κ1) is 18.1. The molecule has 0 spiro atoms. The molecule has 0 aliphatic carbocycles. The molecule has 138 valence electrons. The zero-order valence-corrected chi connectivity index (χ0v) is 15.2. The third-order valence-corrected chi connectivity index (χ3v) is 5.23. The number of carbonyl (C=O) groups excluding carboxylic acids is 1. The number of nitrogens with zero attached hydrogens (tertiary/aromatic N) is 1. The fourth-order valence-electron chi connectivity index (χ4n) is 3.73. The van der Waals surface area contributed by atoms with E-state index in [9.17, 15) is 4.79 Å². The molecule has 3 aliphatic heterocycles. The Balaban J connectivity index is 1.49. The Bertz CT molecular complexity index is 556. The van der Waals surface area contributed by atoms with E-state index in [-0.39, 0.29) is 12.2 Å². The van der Waals surface area contributed by atoms with E-state index in [0.29, 0.717) is 24.0 Å². The van der Waals surface area contributed by atoms with E-state index >= 15 is 0 Å². The van der Waals surface area contributed by atoms with Crippen molar-refractivity contribution in [1.82, 2.24) is 4.90 Å². The fourth-order valence-corrected chi connectivity index (χ4v) is 3.73. The number of benzene rings is 1. The maximum absolute atomic E-state index is 12.3.